The molecule has 0 unspecified atom stereocenters. The van der Waals surface area contributed by atoms with Crippen LogP contribution >= 0.6 is 0 Å². The summed E-state index contributed by atoms with van der Waals surface area (Å²) >= 11 is 0. The van der Waals surface area contributed by atoms with Gasteiger partial charge in [-0.05, 0) is 50.2 Å². The Morgan fingerprint density at radius 1 is 1.16 bits per heavy atom. The van der Waals surface area contributed by atoms with Crippen LogP contribution in [0, 0.1) is 5.82 Å². The van der Waals surface area contributed by atoms with E-state index in [9.17, 15) is 14.0 Å². The van der Waals surface area contributed by atoms with Gasteiger partial charge in [-0.3, -0.25) is 9.59 Å². The number of carbonyl (C=O) groups excluding carboxylic acids is 2. The number of carbonyl (C=O) groups is 2. The third-order valence-corrected chi connectivity index (χ3v) is 7.27. The zero-order valence-electron chi connectivity index (χ0n) is 17.6. The first-order valence-electron chi connectivity index (χ1n) is 11.3. The van der Waals surface area contributed by atoms with Gasteiger partial charge in [0.25, 0.3) is 0 Å². The number of amides is 2. The summed E-state index contributed by atoms with van der Waals surface area (Å²) < 4.78 is 32.4. The molecule has 2 saturated heterocycles. The lowest BCUT2D eigenvalue weighted by atomic mass is 9.82. The van der Waals surface area contributed by atoms with Crippen LogP contribution in [0.4, 0.5) is 4.39 Å². The zero-order valence-corrected chi connectivity index (χ0v) is 17.6. The van der Waals surface area contributed by atoms with Crippen LogP contribution in [-0.4, -0.2) is 67.4 Å². The van der Waals surface area contributed by atoms with E-state index in [2.05, 4.69) is 5.32 Å². The van der Waals surface area contributed by atoms with Crippen LogP contribution in [0.15, 0.2) is 18.2 Å². The molecule has 0 aromatic heterocycles. The van der Waals surface area contributed by atoms with E-state index in [1.807, 2.05) is 4.90 Å². The van der Waals surface area contributed by atoms with Gasteiger partial charge >= 0.3 is 0 Å². The molecule has 4 heterocycles. The van der Waals surface area contributed by atoms with Crippen LogP contribution < -0.4 is 10.1 Å². The molecule has 1 spiro atoms. The van der Waals surface area contributed by atoms with E-state index in [1.54, 1.807) is 12.1 Å². The molecule has 2 atom stereocenters. The Bertz CT molecular complexity index is 856. The van der Waals surface area contributed by atoms with Crippen molar-refractivity contribution in [2.75, 3.05) is 33.0 Å². The van der Waals surface area contributed by atoms with Crippen molar-refractivity contribution in [2.45, 2.75) is 62.1 Å². The SMILES string of the molecule is O=C1COC[C@]2(CCN3C(=O)CCOc4cccc(F)c4C4CCC(CC4)OC[C@@H]32)N1. The van der Waals surface area contributed by atoms with E-state index < -0.39 is 5.54 Å². The minimum Gasteiger partial charge on any atom is -0.493 e. The summed E-state index contributed by atoms with van der Waals surface area (Å²) in [5, 5.41) is 3.10. The molecular formula is C23H29FN2O5. The maximum atomic E-state index is 14.7. The lowest BCUT2D eigenvalue weighted by Gasteiger charge is -2.41. The Kier molecular flexibility index (Phi) is 5.60. The number of morpholine rings is 1. The zero-order chi connectivity index (χ0) is 21.4. The molecule has 31 heavy (non-hydrogen) atoms. The van der Waals surface area contributed by atoms with E-state index in [4.69, 9.17) is 14.2 Å². The van der Waals surface area contributed by atoms with Crippen LogP contribution in [-0.2, 0) is 19.1 Å². The summed E-state index contributed by atoms with van der Waals surface area (Å²) in [4.78, 5) is 27.0. The quantitative estimate of drug-likeness (QED) is 0.680. The Balaban J connectivity index is 1.41. The highest BCUT2D eigenvalue weighted by Crippen LogP contribution is 2.41. The first-order valence-corrected chi connectivity index (χ1v) is 11.3. The fraction of sp³-hybridized carbons (Fsp3) is 0.652. The minimum atomic E-state index is -0.601. The van der Waals surface area contributed by atoms with Crippen molar-refractivity contribution in [2.24, 2.45) is 0 Å². The first-order chi connectivity index (χ1) is 15.1. The second kappa shape index (κ2) is 8.39. The molecule has 2 bridgehead atoms. The maximum absolute atomic E-state index is 14.7. The summed E-state index contributed by atoms with van der Waals surface area (Å²) in [6.45, 7) is 1.51. The number of halogens is 1. The number of nitrogens with zero attached hydrogens (tertiary/aromatic N) is 1. The Morgan fingerprint density at radius 2 is 2.00 bits per heavy atom. The van der Waals surface area contributed by atoms with Gasteiger partial charge in [-0.25, -0.2) is 4.39 Å². The number of rotatable bonds is 0. The molecule has 6 rings (SSSR count). The minimum absolute atomic E-state index is 0.0505. The summed E-state index contributed by atoms with van der Waals surface area (Å²) in [6, 6.07) is 4.66. The molecule has 3 fully saturated rings. The summed E-state index contributed by atoms with van der Waals surface area (Å²) in [7, 11) is 0. The van der Waals surface area contributed by atoms with Crippen LogP contribution in [0.1, 0.15) is 50.0 Å². The highest BCUT2D eigenvalue weighted by Gasteiger charge is 2.52. The highest BCUT2D eigenvalue weighted by atomic mass is 19.1. The second-order valence-corrected chi connectivity index (χ2v) is 9.11. The molecule has 1 N–H and O–H groups in total. The van der Waals surface area contributed by atoms with Crippen molar-refractivity contribution in [1.82, 2.24) is 10.2 Å². The van der Waals surface area contributed by atoms with Crippen LogP contribution in [0.3, 0.4) is 0 Å². The van der Waals surface area contributed by atoms with Crippen molar-refractivity contribution in [3.63, 3.8) is 0 Å². The molecule has 2 amide bonds. The van der Waals surface area contributed by atoms with E-state index in [0.29, 0.717) is 37.5 Å². The van der Waals surface area contributed by atoms with Crippen molar-refractivity contribution in [1.29, 1.82) is 0 Å². The van der Waals surface area contributed by atoms with Gasteiger partial charge in [0.05, 0.1) is 43.9 Å². The first kappa shape index (κ1) is 20.7. The van der Waals surface area contributed by atoms with Gasteiger partial charge in [0.2, 0.25) is 11.8 Å². The number of benzene rings is 1. The monoisotopic (exact) mass is 432 g/mol. The second-order valence-electron chi connectivity index (χ2n) is 9.11. The van der Waals surface area contributed by atoms with E-state index in [-0.39, 0.29) is 55.3 Å². The van der Waals surface area contributed by atoms with Crippen LogP contribution in [0.25, 0.3) is 0 Å². The summed E-state index contributed by atoms with van der Waals surface area (Å²) in [5.41, 5.74) is 0.0288. The summed E-state index contributed by atoms with van der Waals surface area (Å²) in [6.07, 6.45) is 4.21. The highest BCUT2D eigenvalue weighted by molar-refractivity contribution is 5.80. The molecule has 168 valence electrons. The van der Waals surface area contributed by atoms with Crippen molar-refractivity contribution < 1.29 is 28.2 Å². The third kappa shape index (κ3) is 3.91. The molecular weight excluding hydrogens is 403 g/mol. The molecule has 0 radical (unpaired) electrons. The van der Waals surface area contributed by atoms with Gasteiger partial charge < -0.3 is 24.4 Å². The normalized spacial score (nSPS) is 34.0. The average molecular weight is 432 g/mol. The number of ether oxygens (including phenoxy) is 3. The topological polar surface area (TPSA) is 77.1 Å². The Hall–Kier alpha value is -2.19. The largest absolute Gasteiger partial charge is 0.493 e. The van der Waals surface area contributed by atoms with Gasteiger partial charge in [-0.2, -0.15) is 0 Å². The molecule has 4 aliphatic heterocycles. The van der Waals surface area contributed by atoms with Crippen LogP contribution in [0.2, 0.25) is 0 Å². The van der Waals surface area contributed by atoms with E-state index in [0.717, 1.165) is 25.7 Å². The van der Waals surface area contributed by atoms with Gasteiger partial charge in [0.1, 0.15) is 18.2 Å². The lowest BCUT2D eigenvalue weighted by molar-refractivity contribution is -0.143. The fourth-order valence-electron chi connectivity index (χ4n) is 5.66. The third-order valence-electron chi connectivity index (χ3n) is 7.27. The Labute approximate surface area is 181 Å². The van der Waals surface area contributed by atoms with Gasteiger partial charge in [-0.1, -0.05) is 6.07 Å². The molecule has 1 aliphatic carbocycles. The number of nitrogens with one attached hydrogen (secondary N) is 1. The molecule has 7 nitrogen and oxygen atoms in total. The van der Waals surface area contributed by atoms with Crippen molar-refractivity contribution in [3.05, 3.63) is 29.6 Å². The fourth-order valence-corrected chi connectivity index (χ4v) is 5.66. The van der Waals surface area contributed by atoms with Gasteiger partial charge in [-0.15, -0.1) is 0 Å². The van der Waals surface area contributed by atoms with E-state index in [1.165, 1.54) is 6.07 Å². The van der Waals surface area contributed by atoms with Gasteiger partial charge in [0.15, 0.2) is 0 Å². The molecule has 8 heteroatoms. The smallest absolute Gasteiger partial charge is 0.246 e. The van der Waals surface area contributed by atoms with E-state index >= 15 is 0 Å². The number of fused-ring (bicyclic) bond motifs is 6. The number of hydrogen-bond donors (Lipinski definition) is 1. The molecule has 1 saturated carbocycles. The lowest BCUT2D eigenvalue weighted by Crippen LogP contribution is -2.65. The summed E-state index contributed by atoms with van der Waals surface area (Å²) in [5.74, 6) is 0.189. The predicted molar refractivity (Wildman–Crippen MR) is 109 cm³/mol. The van der Waals surface area contributed by atoms with Crippen LogP contribution in [0.5, 0.6) is 5.75 Å². The standard InChI is InChI=1S/C23H29FN2O5/c24-17-2-1-3-18-22(17)15-4-6-16(7-5-15)31-12-19-23(14-29-13-20(27)25-23)9-10-26(19)21(28)8-11-30-18/h1-3,15-16,19H,4-14H2,(H,25,27)/t15?,16?,19-,23+/m1/s1. The van der Waals surface area contributed by atoms with Crippen molar-refractivity contribution in [3.8, 4) is 5.75 Å². The maximum Gasteiger partial charge on any atom is 0.246 e. The predicted octanol–water partition coefficient (Wildman–Crippen LogP) is 2.14. The molecule has 5 aliphatic rings. The Morgan fingerprint density at radius 3 is 2.81 bits per heavy atom. The number of hydrogen-bond acceptors (Lipinski definition) is 5. The van der Waals surface area contributed by atoms with Gasteiger partial charge in [0, 0.05) is 12.1 Å². The van der Waals surface area contributed by atoms with Crippen molar-refractivity contribution >= 4 is 11.8 Å². The average Bonchev–Trinajstić information content (AvgIpc) is 3.09. The molecule has 1 aromatic carbocycles. The molecule has 1 aromatic rings.